The maximum absolute atomic E-state index is 13.7. The zero-order valence-corrected chi connectivity index (χ0v) is 18.7. The van der Waals surface area contributed by atoms with Crippen LogP contribution in [0.1, 0.15) is 46.3 Å². The van der Waals surface area contributed by atoms with Crippen molar-refractivity contribution < 1.29 is 18.4 Å². The largest absolute Gasteiger partial charge is 0.330 e. The molecule has 0 spiro atoms. The minimum Gasteiger partial charge on any atom is -0.330 e. The minimum atomic E-state index is -0.497. The normalized spacial score (nSPS) is 15.5. The van der Waals surface area contributed by atoms with Gasteiger partial charge in [0.1, 0.15) is 18.2 Å². The number of carbonyl (C=O) groups excluding carboxylic acids is 2. The van der Waals surface area contributed by atoms with Crippen molar-refractivity contribution in [2.45, 2.75) is 32.4 Å². The number of carbonyl (C=O) groups is 2. The Morgan fingerprint density at radius 2 is 1.84 bits per heavy atom. The molecule has 0 aliphatic carbocycles. The highest BCUT2D eigenvalue weighted by Crippen LogP contribution is 2.38. The minimum absolute atomic E-state index is 0.121. The molecule has 1 unspecified atom stereocenters. The van der Waals surface area contributed by atoms with Gasteiger partial charge in [0.15, 0.2) is 0 Å². The van der Waals surface area contributed by atoms with Gasteiger partial charge < -0.3 is 9.80 Å². The lowest BCUT2D eigenvalue weighted by Gasteiger charge is -2.38. The van der Waals surface area contributed by atoms with Crippen LogP contribution in [0.25, 0.3) is 0 Å². The van der Waals surface area contributed by atoms with Gasteiger partial charge in [0.2, 0.25) is 5.91 Å². The van der Waals surface area contributed by atoms with Gasteiger partial charge in [0.25, 0.3) is 5.91 Å². The Hall–Kier alpha value is -3.06. The topological polar surface area (TPSA) is 40.6 Å². The Morgan fingerprint density at radius 1 is 1.09 bits per heavy atom. The summed E-state index contributed by atoms with van der Waals surface area (Å²) in [4.78, 5) is 31.0. The van der Waals surface area contributed by atoms with Crippen LogP contribution < -0.4 is 0 Å². The monoisotopic (exact) mass is 454 g/mol. The fourth-order valence-corrected chi connectivity index (χ4v) is 5.01. The fraction of sp³-hybridized carbons (Fsp3) is 0.280. The summed E-state index contributed by atoms with van der Waals surface area (Å²) in [6.07, 6.45) is 0.732. The molecular weight excluding hydrogens is 430 g/mol. The van der Waals surface area contributed by atoms with Crippen LogP contribution in [0, 0.1) is 11.6 Å². The van der Waals surface area contributed by atoms with Gasteiger partial charge in [-0.1, -0.05) is 18.2 Å². The SMILES string of the molecule is CC(C)N(CC(=O)N1CCc2sccc2C1c1ccc(F)cc1)C(=O)c1cccc(F)c1. The highest BCUT2D eigenvalue weighted by Gasteiger charge is 2.34. The number of amides is 2. The summed E-state index contributed by atoms with van der Waals surface area (Å²) in [5.74, 6) is -1.42. The van der Waals surface area contributed by atoms with E-state index in [-0.39, 0.29) is 41.8 Å². The van der Waals surface area contributed by atoms with Crippen LogP contribution in [0.5, 0.6) is 0 Å². The number of fused-ring (bicyclic) bond motifs is 1. The standard InChI is InChI=1S/C25H24F2N2O2S/c1-16(2)29(25(31)18-4-3-5-20(27)14-18)15-23(30)28-12-10-22-21(11-13-32-22)24(28)17-6-8-19(26)9-7-17/h3-9,11,13-14,16,24H,10,12,15H2,1-2H3. The molecule has 4 nitrogen and oxygen atoms in total. The maximum atomic E-state index is 13.7. The molecule has 2 amide bonds. The molecule has 0 fully saturated rings. The Bertz CT molecular complexity index is 1130. The molecule has 1 aliphatic rings. The molecule has 0 saturated carbocycles. The van der Waals surface area contributed by atoms with Crippen molar-refractivity contribution in [3.8, 4) is 0 Å². The Balaban J connectivity index is 1.62. The molecule has 2 aromatic carbocycles. The second-order valence-electron chi connectivity index (χ2n) is 8.13. The molecule has 7 heteroatoms. The third-order valence-corrected chi connectivity index (χ3v) is 6.73. The first-order valence-corrected chi connectivity index (χ1v) is 11.4. The second-order valence-corrected chi connectivity index (χ2v) is 9.13. The van der Waals surface area contributed by atoms with Crippen LogP contribution in [0.2, 0.25) is 0 Å². The van der Waals surface area contributed by atoms with Gasteiger partial charge in [-0.3, -0.25) is 9.59 Å². The van der Waals surface area contributed by atoms with E-state index >= 15 is 0 Å². The molecule has 2 heterocycles. The van der Waals surface area contributed by atoms with Crippen LogP contribution >= 0.6 is 11.3 Å². The first-order valence-electron chi connectivity index (χ1n) is 10.5. The lowest BCUT2D eigenvalue weighted by atomic mass is 9.93. The van der Waals surface area contributed by atoms with E-state index in [1.807, 2.05) is 25.3 Å². The third kappa shape index (κ3) is 4.43. The summed E-state index contributed by atoms with van der Waals surface area (Å²) >= 11 is 1.65. The predicted octanol–water partition coefficient (Wildman–Crippen LogP) is 5.05. The number of rotatable bonds is 5. The van der Waals surface area contributed by atoms with Crippen LogP contribution in [-0.4, -0.2) is 40.7 Å². The van der Waals surface area contributed by atoms with Crippen molar-refractivity contribution >= 4 is 23.2 Å². The van der Waals surface area contributed by atoms with E-state index in [0.717, 1.165) is 17.5 Å². The van der Waals surface area contributed by atoms with Gasteiger partial charge in [0.05, 0.1) is 6.04 Å². The molecule has 1 atom stereocenters. The van der Waals surface area contributed by atoms with Gasteiger partial charge in [0, 0.05) is 23.0 Å². The van der Waals surface area contributed by atoms with E-state index < -0.39 is 5.82 Å². The molecule has 0 N–H and O–H groups in total. The third-order valence-electron chi connectivity index (χ3n) is 5.73. The smallest absolute Gasteiger partial charge is 0.254 e. The summed E-state index contributed by atoms with van der Waals surface area (Å²) in [5.41, 5.74) is 2.07. The van der Waals surface area contributed by atoms with E-state index in [2.05, 4.69) is 0 Å². The quantitative estimate of drug-likeness (QED) is 0.541. The Kier molecular flexibility index (Phi) is 6.37. The van der Waals surface area contributed by atoms with Gasteiger partial charge in [-0.05, 0) is 73.2 Å². The van der Waals surface area contributed by atoms with Crippen molar-refractivity contribution in [2.75, 3.05) is 13.1 Å². The number of thiophene rings is 1. The summed E-state index contributed by atoms with van der Waals surface area (Å²) < 4.78 is 27.2. The van der Waals surface area contributed by atoms with E-state index in [0.29, 0.717) is 6.54 Å². The Labute approximate surface area is 190 Å². The molecule has 0 bridgehead atoms. The van der Waals surface area contributed by atoms with E-state index in [1.165, 1.54) is 40.1 Å². The molecule has 1 aliphatic heterocycles. The fourth-order valence-electron chi connectivity index (χ4n) is 4.10. The number of hydrogen-bond donors (Lipinski definition) is 0. The summed E-state index contributed by atoms with van der Waals surface area (Å²) in [5, 5.41) is 2.00. The predicted molar refractivity (Wildman–Crippen MR) is 121 cm³/mol. The van der Waals surface area contributed by atoms with Crippen molar-refractivity contribution in [3.05, 3.63) is 93.2 Å². The van der Waals surface area contributed by atoms with Crippen molar-refractivity contribution in [3.63, 3.8) is 0 Å². The molecule has 0 radical (unpaired) electrons. The van der Waals surface area contributed by atoms with Gasteiger partial charge >= 0.3 is 0 Å². The molecule has 3 aromatic rings. The van der Waals surface area contributed by atoms with Crippen molar-refractivity contribution in [1.82, 2.24) is 9.80 Å². The number of nitrogens with zero attached hydrogens (tertiary/aromatic N) is 2. The molecule has 4 rings (SSSR count). The average Bonchev–Trinajstić information content (AvgIpc) is 3.25. The van der Waals surface area contributed by atoms with Gasteiger partial charge in [-0.25, -0.2) is 8.78 Å². The zero-order chi connectivity index (χ0) is 22.8. The van der Waals surface area contributed by atoms with Crippen LogP contribution in [0.15, 0.2) is 60.0 Å². The second kappa shape index (κ2) is 9.20. The summed E-state index contributed by atoms with van der Waals surface area (Å²) in [6.45, 7) is 4.04. The first kappa shape index (κ1) is 22.1. The molecule has 1 aromatic heterocycles. The molecule has 166 valence electrons. The van der Waals surface area contributed by atoms with Crippen LogP contribution in [-0.2, 0) is 11.2 Å². The molecule has 0 saturated heterocycles. The van der Waals surface area contributed by atoms with Gasteiger partial charge in [-0.2, -0.15) is 0 Å². The van der Waals surface area contributed by atoms with E-state index in [1.54, 1.807) is 34.4 Å². The summed E-state index contributed by atoms with van der Waals surface area (Å²) in [7, 11) is 0. The van der Waals surface area contributed by atoms with Crippen LogP contribution in [0.3, 0.4) is 0 Å². The van der Waals surface area contributed by atoms with Crippen molar-refractivity contribution in [1.29, 1.82) is 0 Å². The lowest BCUT2D eigenvalue weighted by molar-refractivity contribution is -0.134. The number of hydrogen-bond acceptors (Lipinski definition) is 3. The zero-order valence-electron chi connectivity index (χ0n) is 17.9. The van der Waals surface area contributed by atoms with E-state index in [4.69, 9.17) is 0 Å². The maximum Gasteiger partial charge on any atom is 0.254 e. The first-order chi connectivity index (χ1) is 15.3. The number of benzene rings is 2. The van der Waals surface area contributed by atoms with Crippen LogP contribution in [0.4, 0.5) is 8.78 Å². The molecular formula is C25H24F2N2O2S. The molecule has 32 heavy (non-hydrogen) atoms. The van der Waals surface area contributed by atoms with Crippen molar-refractivity contribution in [2.24, 2.45) is 0 Å². The van der Waals surface area contributed by atoms with E-state index in [9.17, 15) is 18.4 Å². The lowest BCUT2D eigenvalue weighted by Crippen LogP contribution is -2.48. The average molecular weight is 455 g/mol. The Morgan fingerprint density at radius 3 is 2.53 bits per heavy atom. The highest BCUT2D eigenvalue weighted by molar-refractivity contribution is 7.10. The summed E-state index contributed by atoms with van der Waals surface area (Å²) in [6, 6.07) is 13.1. The van der Waals surface area contributed by atoms with Gasteiger partial charge in [-0.15, -0.1) is 11.3 Å². The number of halogens is 2. The highest BCUT2D eigenvalue weighted by atomic mass is 32.1.